The summed E-state index contributed by atoms with van der Waals surface area (Å²) in [6, 6.07) is 16.9. The molecule has 0 bridgehead atoms. The summed E-state index contributed by atoms with van der Waals surface area (Å²) in [5.41, 5.74) is 7.10. The number of pyridine rings is 2. The number of aryl methyl sites for hydroxylation is 2. The molecule has 154 valence electrons. The largest absolute Gasteiger partial charge is 0.342 e. The van der Waals surface area contributed by atoms with Crippen LogP contribution in [-0.4, -0.2) is 33.9 Å². The number of aromatic nitrogens is 2. The Labute approximate surface area is 179 Å². The molecule has 30 heavy (non-hydrogen) atoms. The first kappa shape index (κ1) is 20.3. The van der Waals surface area contributed by atoms with Crippen LogP contribution in [0.25, 0.3) is 0 Å². The minimum absolute atomic E-state index is 0.193. The van der Waals surface area contributed by atoms with Gasteiger partial charge in [0.15, 0.2) is 0 Å². The van der Waals surface area contributed by atoms with Gasteiger partial charge in [-0.1, -0.05) is 29.8 Å². The Morgan fingerprint density at radius 2 is 1.87 bits per heavy atom. The standard InChI is InChI=1S/C26H29N3O/c1-19-5-3-6-22(13-19)15-23-14-20(2)28-25(16-23)24-7-4-12-29(18-24)26(30)17-21-8-10-27-11-9-21/h3,5-6,8-11,13-14,16,24H,4,7,12,15,17-18H2,1-2H3. The monoisotopic (exact) mass is 399 g/mol. The van der Waals surface area contributed by atoms with Crippen LogP contribution < -0.4 is 0 Å². The lowest BCUT2D eigenvalue weighted by Crippen LogP contribution is -2.40. The van der Waals surface area contributed by atoms with Crippen LogP contribution in [0.3, 0.4) is 0 Å². The zero-order chi connectivity index (χ0) is 20.9. The normalized spacial score (nSPS) is 16.5. The van der Waals surface area contributed by atoms with Gasteiger partial charge >= 0.3 is 0 Å². The number of carbonyl (C=O) groups excluding carboxylic acids is 1. The summed E-state index contributed by atoms with van der Waals surface area (Å²) < 4.78 is 0. The van der Waals surface area contributed by atoms with Crippen molar-refractivity contribution < 1.29 is 4.79 Å². The lowest BCUT2D eigenvalue weighted by Gasteiger charge is -2.33. The maximum atomic E-state index is 12.8. The molecule has 3 heterocycles. The molecule has 0 saturated carbocycles. The topological polar surface area (TPSA) is 46.1 Å². The van der Waals surface area contributed by atoms with Gasteiger partial charge in [-0.15, -0.1) is 0 Å². The molecular formula is C26H29N3O. The number of rotatable bonds is 5. The van der Waals surface area contributed by atoms with Crippen molar-refractivity contribution in [2.24, 2.45) is 0 Å². The highest BCUT2D eigenvalue weighted by atomic mass is 16.2. The molecule has 2 aromatic heterocycles. The van der Waals surface area contributed by atoms with Gasteiger partial charge in [-0.25, -0.2) is 0 Å². The fraction of sp³-hybridized carbons (Fsp3) is 0.346. The van der Waals surface area contributed by atoms with Crippen molar-refractivity contribution in [2.75, 3.05) is 13.1 Å². The molecule has 1 aliphatic heterocycles. The Hall–Kier alpha value is -3.01. The molecule has 4 heteroatoms. The molecule has 0 spiro atoms. The maximum Gasteiger partial charge on any atom is 0.227 e. The van der Waals surface area contributed by atoms with Gasteiger partial charge in [-0.3, -0.25) is 14.8 Å². The molecule has 1 amide bonds. The van der Waals surface area contributed by atoms with Gasteiger partial charge in [0.25, 0.3) is 0 Å². The quantitative estimate of drug-likeness (QED) is 0.628. The third-order valence-electron chi connectivity index (χ3n) is 5.82. The summed E-state index contributed by atoms with van der Waals surface area (Å²) in [5, 5.41) is 0. The summed E-state index contributed by atoms with van der Waals surface area (Å²) in [6.45, 7) is 5.79. The Bertz CT molecular complexity index is 1020. The highest BCUT2D eigenvalue weighted by molar-refractivity contribution is 5.78. The molecule has 0 N–H and O–H groups in total. The Morgan fingerprint density at radius 1 is 1.03 bits per heavy atom. The minimum atomic E-state index is 0.193. The molecular weight excluding hydrogens is 370 g/mol. The average Bonchev–Trinajstić information content (AvgIpc) is 2.74. The number of amides is 1. The van der Waals surface area contributed by atoms with Crippen molar-refractivity contribution in [2.45, 2.75) is 45.4 Å². The van der Waals surface area contributed by atoms with Crippen molar-refractivity contribution in [3.8, 4) is 0 Å². The molecule has 3 aromatic rings. The van der Waals surface area contributed by atoms with Gasteiger partial charge in [0, 0.05) is 42.8 Å². The lowest BCUT2D eigenvalue weighted by atomic mass is 9.92. The van der Waals surface area contributed by atoms with Crippen LogP contribution in [0.5, 0.6) is 0 Å². The number of benzene rings is 1. The Morgan fingerprint density at radius 3 is 2.67 bits per heavy atom. The Balaban J connectivity index is 1.47. The number of hydrogen-bond donors (Lipinski definition) is 0. The molecule has 1 fully saturated rings. The van der Waals surface area contributed by atoms with E-state index in [2.05, 4.69) is 55.2 Å². The fourth-order valence-corrected chi connectivity index (χ4v) is 4.37. The van der Waals surface area contributed by atoms with E-state index in [0.29, 0.717) is 12.3 Å². The highest BCUT2D eigenvalue weighted by Gasteiger charge is 2.26. The Kier molecular flexibility index (Phi) is 6.22. The molecule has 1 saturated heterocycles. The van der Waals surface area contributed by atoms with Crippen molar-refractivity contribution in [3.63, 3.8) is 0 Å². The second-order valence-corrected chi connectivity index (χ2v) is 8.42. The fourth-order valence-electron chi connectivity index (χ4n) is 4.37. The van der Waals surface area contributed by atoms with E-state index in [0.717, 1.165) is 49.3 Å². The van der Waals surface area contributed by atoms with Crippen LogP contribution in [0.15, 0.2) is 60.9 Å². The number of piperidine rings is 1. The maximum absolute atomic E-state index is 12.8. The molecule has 4 nitrogen and oxygen atoms in total. The smallest absolute Gasteiger partial charge is 0.227 e. The molecule has 0 aliphatic carbocycles. The SMILES string of the molecule is Cc1cccc(Cc2cc(C)nc(C3CCCN(C(=O)Cc4ccncc4)C3)c2)c1. The highest BCUT2D eigenvalue weighted by Crippen LogP contribution is 2.27. The molecule has 4 rings (SSSR count). The first-order valence-corrected chi connectivity index (χ1v) is 10.8. The number of nitrogens with zero attached hydrogens (tertiary/aromatic N) is 3. The van der Waals surface area contributed by atoms with Crippen molar-refractivity contribution in [3.05, 3.63) is 94.6 Å². The van der Waals surface area contributed by atoms with Crippen LogP contribution in [0, 0.1) is 13.8 Å². The summed E-state index contributed by atoms with van der Waals surface area (Å²) >= 11 is 0. The van der Waals surface area contributed by atoms with Gasteiger partial charge in [-0.2, -0.15) is 0 Å². The van der Waals surface area contributed by atoms with E-state index in [1.165, 1.54) is 16.7 Å². The summed E-state index contributed by atoms with van der Waals surface area (Å²) in [5.74, 6) is 0.495. The van der Waals surface area contributed by atoms with Crippen LogP contribution in [0.4, 0.5) is 0 Å². The van der Waals surface area contributed by atoms with E-state index in [1.54, 1.807) is 12.4 Å². The van der Waals surface area contributed by atoms with E-state index in [9.17, 15) is 4.79 Å². The lowest BCUT2D eigenvalue weighted by molar-refractivity contribution is -0.131. The van der Waals surface area contributed by atoms with Gasteiger partial charge in [-0.05, 0) is 74.1 Å². The molecule has 1 aromatic carbocycles. The number of likely N-dealkylation sites (tertiary alicyclic amines) is 1. The van der Waals surface area contributed by atoms with E-state index < -0.39 is 0 Å². The average molecular weight is 400 g/mol. The van der Waals surface area contributed by atoms with Crippen molar-refractivity contribution >= 4 is 5.91 Å². The first-order chi connectivity index (χ1) is 14.6. The summed E-state index contributed by atoms with van der Waals surface area (Å²) in [4.78, 5) is 23.7. The van der Waals surface area contributed by atoms with Crippen LogP contribution >= 0.6 is 0 Å². The van der Waals surface area contributed by atoms with Crippen LogP contribution in [0.2, 0.25) is 0 Å². The molecule has 1 unspecified atom stereocenters. The van der Waals surface area contributed by atoms with Crippen molar-refractivity contribution in [1.29, 1.82) is 0 Å². The zero-order valence-corrected chi connectivity index (χ0v) is 17.8. The third kappa shape index (κ3) is 5.12. The third-order valence-corrected chi connectivity index (χ3v) is 5.82. The van der Waals surface area contributed by atoms with Crippen LogP contribution in [0.1, 0.15) is 52.4 Å². The van der Waals surface area contributed by atoms with E-state index in [-0.39, 0.29) is 5.91 Å². The van der Waals surface area contributed by atoms with E-state index >= 15 is 0 Å². The zero-order valence-electron chi connectivity index (χ0n) is 17.8. The molecule has 1 aliphatic rings. The van der Waals surface area contributed by atoms with Crippen molar-refractivity contribution in [1.82, 2.24) is 14.9 Å². The second kappa shape index (κ2) is 9.21. The van der Waals surface area contributed by atoms with Crippen LogP contribution in [-0.2, 0) is 17.6 Å². The van der Waals surface area contributed by atoms with Gasteiger partial charge in [0.1, 0.15) is 0 Å². The summed E-state index contributed by atoms with van der Waals surface area (Å²) in [6.07, 6.45) is 6.95. The molecule has 1 atom stereocenters. The predicted molar refractivity (Wildman–Crippen MR) is 119 cm³/mol. The van der Waals surface area contributed by atoms with Gasteiger partial charge in [0.2, 0.25) is 5.91 Å². The number of hydrogen-bond acceptors (Lipinski definition) is 3. The van der Waals surface area contributed by atoms with E-state index in [4.69, 9.17) is 4.98 Å². The predicted octanol–water partition coefficient (Wildman–Crippen LogP) is 4.63. The second-order valence-electron chi connectivity index (χ2n) is 8.42. The number of carbonyl (C=O) groups is 1. The first-order valence-electron chi connectivity index (χ1n) is 10.8. The van der Waals surface area contributed by atoms with Gasteiger partial charge in [0.05, 0.1) is 6.42 Å². The summed E-state index contributed by atoms with van der Waals surface area (Å²) in [7, 11) is 0. The minimum Gasteiger partial charge on any atom is -0.342 e. The molecule has 0 radical (unpaired) electrons. The van der Waals surface area contributed by atoms with Gasteiger partial charge < -0.3 is 4.90 Å². The van der Waals surface area contributed by atoms with E-state index in [1.807, 2.05) is 17.0 Å².